The van der Waals surface area contributed by atoms with Gasteiger partial charge in [0, 0.05) is 24.8 Å². The SMILES string of the molecule is CCNCc1nc(C)ccc1OCC(=O)N(CC)C1CC1. The van der Waals surface area contributed by atoms with Gasteiger partial charge in [0.15, 0.2) is 6.61 Å². The van der Waals surface area contributed by atoms with Crippen LogP contribution in [0.3, 0.4) is 0 Å². The summed E-state index contributed by atoms with van der Waals surface area (Å²) < 4.78 is 5.72. The predicted octanol–water partition coefficient (Wildman–Crippen LogP) is 1.89. The van der Waals surface area contributed by atoms with Gasteiger partial charge in [-0.25, -0.2) is 0 Å². The van der Waals surface area contributed by atoms with Gasteiger partial charge in [0.2, 0.25) is 0 Å². The molecule has 1 aliphatic carbocycles. The van der Waals surface area contributed by atoms with Crippen molar-refractivity contribution >= 4 is 5.91 Å². The molecule has 1 N–H and O–H groups in total. The Hall–Kier alpha value is -1.62. The number of ether oxygens (including phenoxy) is 1. The van der Waals surface area contributed by atoms with Crippen molar-refractivity contribution in [1.82, 2.24) is 15.2 Å². The van der Waals surface area contributed by atoms with E-state index in [1.54, 1.807) is 0 Å². The zero-order chi connectivity index (χ0) is 15.2. The molecule has 0 spiro atoms. The lowest BCUT2D eigenvalue weighted by Gasteiger charge is -2.20. The van der Waals surface area contributed by atoms with Gasteiger partial charge in [0.1, 0.15) is 5.75 Å². The van der Waals surface area contributed by atoms with Crippen LogP contribution >= 0.6 is 0 Å². The minimum absolute atomic E-state index is 0.0648. The molecule has 5 nitrogen and oxygen atoms in total. The molecule has 21 heavy (non-hydrogen) atoms. The fraction of sp³-hybridized carbons (Fsp3) is 0.625. The highest BCUT2D eigenvalue weighted by Crippen LogP contribution is 2.26. The highest BCUT2D eigenvalue weighted by Gasteiger charge is 2.31. The normalized spacial score (nSPS) is 14.0. The number of hydrogen-bond donors (Lipinski definition) is 1. The van der Waals surface area contributed by atoms with Gasteiger partial charge in [-0.15, -0.1) is 0 Å². The summed E-state index contributed by atoms with van der Waals surface area (Å²) in [7, 11) is 0. The van der Waals surface area contributed by atoms with E-state index in [1.165, 1.54) is 0 Å². The number of carbonyl (C=O) groups is 1. The van der Waals surface area contributed by atoms with Crippen molar-refractivity contribution in [2.75, 3.05) is 19.7 Å². The molecule has 0 aliphatic heterocycles. The first-order valence-electron chi connectivity index (χ1n) is 7.75. The summed E-state index contributed by atoms with van der Waals surface area (Å²) in [4.78, 5) is 18.6. The van der Waals surface area contributed by atoms with Crippen LogP contribution in [0.5, 0.6) is 5.75 Å². The van der Waals surface area contributed by atoms with Crippen molar-refractivity contribution in [3.63, 3.8) is 0 Å². The molecule has 1 amide bonds. The van der Waals surface area contributed by atoms with Crippen LogP contribution in [0.25, 0.3) is 0 Å². The number of aryl methyl sites for hydroxylation is 1. The quantitative estimate of drug-likeness (QED) is 0.794. The van der Waals surface area contributed by atoms with E-state index >= 15 is 0 Å². The van der Waals surface area contributed by atoms with Gasteiger partial charge in [-0.2, -0.15) is 0 Å². The first-order valence-corrected chi connectivity index (χ1v) is 7.75. The van der Waals surface area contributed by atoms with E-state index in [-0.39, 0.29) is 12.5 Å². The maximum Gasteiger partial charge on any atom is 0.260 e. The Morgan fingerprint density at radius 2 is 2.19 bits per heavy atom. The van der Waals surface area contributed by atoms with Crippen molar-refractivity contribution < 1.29 is 9.53 Å². The molecule has 1 saturated carbocycles. The van der Waals surface area contributed by atoms with Gasteiger partial charge in [-0.1, -0.05) is 6.92 Å². The molecule has 1 fully saturated rings. The van der Waals surface area contributed by atoms with Crippen LogP contribution in [-0.2, 0) is 11.3 Å². The van der Waals surface area contributed by atoms with Crippen molar-refractivity contribution in [2.45, 2.75) is 46.2 Å². The van der Waals surface area contributed by atoms with Crippen molar-refractivity contribution in [2.24, 2.45) is 0 Å². The number of likely N-dealkylation sites (N-methyl/N-ethyl adjacent to an activating group) is 1. The number of carbonyl (C=O) groups excluding carboxylic acids is 1. The van der Waals surface area contributed by atoms with Gasteiger partial charge in [-0.3, -0.25) is 9.78 Å². The van der Waals surface area contributed by atoms with Crippen LogP contribution in [-0.4, -0.2) is 41.5 Å². The Labute approximate surface area is 126 Å². The lowest BCUT2D eigenvalue weighted by molar-refractivity contribution is -0.133. The number of amides is 1. The largest absolute Gasteiger partial charge is 0.482 e. The van der Waals surface area contributed by atoms with Crippen LogP contribution in [0.2, 0.25) is 0 Å². The number of pyridine rings is 1. The van der Waals surface area contributed by atoms with Gasteiger partial charge in [0.25, 0.3) is 5.91 Å². The molecule has 0 unspecified atom stereocenters. The summed E-state index contributed by atoms with van der Waals surface area (Å²) in [5, 5.41) is 3.24. The average Bonchev–Trinajstić information content (AvgIpc) is 3.29. The summed E-state index contributed by atoms with van der Waals surface area (Å²) in [5.74, 6) is 0.761. The molecule has 1 aromatic heterocycles. The number of hydrogen-bond acceptors (Lipinski definition) is 4. The number of aromatic nitrogens is 1. The standard InChI is InChI=1S/C16H25N3O2/c1-4-17-10-14-15(9-6-12(3)18-14)21-11-16(20)19(5-2)13-7-8-13/h6,9,13,17H,4-5,7-8,10-11H2,1-3H3. The highest BCUT2D eigenvalue weighted by molar-refractivity contribution is 5.78. The van der Waals surface area contributed by atoms with Gasteiger partial charge >= 0.3 is 0 Å². The van der Waals surface area contributed by atoms with Gasteiger partial charge in [0.05, 0.1) is 5.69 Å². The minimum Gasteiger partial charge on any atom is -0.482 e. The summed E-state index contributed by atoms with van der Waals surface area (Å²) in [6.45, 7) is 8.39. The zero-order valence-electron chi connectivity index (χ0n) is 13.2. The van der Waals surface area contributed by atoms with E-state index in [1.807, 2.05) is 30.9 Å². The van der Waals surface area contributed by atoms with E-state index in [4.69, 9.17) is 4.74 Å². The lowest BCUT2D eigenvalue weighted by atomic mass is 10.3. The second-order valence-electron chi connectivity index (χ2n) is 5.38. The number of nitrogens with zero attached hydrogens (tertiary/aromatic N) is 2. The van der Waals surface area contributed by atoms with Crippen molar-refractivity contribution in [1.29, 1.82) is 0 Å². The number of nitrogens with one attached hydrogen (secondary N) is 1. The van der Waals surface area contributed by atoms with Crippen LogP contribution in [0, 0.1) is 6.92 Å². The summed E-state index contributed by atoms with van der Waals surface area (Å²) in [6, 6.07) is 4.24. The molecule has 2 rings (SSSR count). The highest BCUT2D eigenvalue weighted by atomic mass is 16.5. The topological polar surface area (TPSA) is 54.5 Å². The van der Waals surface area contributed by atoms with E-state index in [9.17, 15) is 4.79 Å². The fourth-order valence-corrected chi connectivity index (χ4v) is 2.35. The molecular weight excluding hydrogens is 266 g/mol. The Kier molecular flexibility index (Phi) is 5.56. The van der Waals surface area contributed by atoms with E-state index < -0.39 is 0 Å². The summed E-state index contributed by atoms with van der Waals surface area (Å²) in [6.07, 6.45) is 2.24. The Balaban J connectivity index is 1.96. The molecule has 0 bridgehead atoms. The van der Waals surface area contributed by atoms with E-state index in [0.717, 1.165) is 37.3 Å². The third kappa shape index (κ3) is 4.43. The van der Waals surface area contributed by atoms with Crippen LogP contribution in [0.1, 0.15) is 38.1 Å². The maximum atomic E-state index is 12.2. The second-order valence-corrected chi connectivity index (χ2v) is 5.38. The molecule has 1 aliphatic rings. The first-order chi connectivity index (χ1) is 10.2. The van der Waals surface area contributed by atoms with E-state index in [2.05, 4.69) is 17.2 Å². The monoisotopic (exact) mass is 291 g/mol. The Bertz CT molecular complexity index is 486. The maximum absolute atomic E-state index is 12.2. The molecular formula is C16H25N3O2. The smallest absolute Gasteiger partial charge is 0.260 e. The molecule has 116 valence electrons. The fourth-order valence-electron chi connectivity index (χ4n) is 2.35. The predicted molar refractivity (Wildman–Crippen MR) is 82.3 cm³/mol. The molecule has 0 radical (unpaired) electrons. The van der Waals surface area contributed by atoms with Crippen LogP contribution in [0.15, 0.2) is 12.1 Å². The molecule has 0 saturated heterocycles. The number of rotatable bonds is 8. The average molecular weight is 291 g/mol. The molecule has 0 aromatic carbocycles. The Morgan fingerprint density at radius 3 is 2.81 bits per heavy atom. The van der Waals surface area contributed by atoms with E-state index in [0.29, 0.717) is 18.3 Å². The Morgan fingerprint density at radius 1 is 1.43 bits per heavy atom. The first kappa shape index (κ1) is 15.8. The zero-order valence-corrected chi connectivity index (χ0v) is 13.2. The van der Waals surface area contributed by atoms with Crippen molar-refractivity contribution in [3.05, 3.63) is 23.5 Å². The molecule has 0 atom stereocenters. The van der Waals surface area contributed by atoms with Crippen LogP contribution in [0.4, 0.5) is 0 Å². The molecule has 1 heterocycles. The van der Waals surface area contributed by atoms with Crippen molar-refractivity contribution in [3.8, 4) is 5.75 Å². The molecule has 1 aromatic rings. The third-order valence-electron chi connectivity index (χ3n) is 3.61. The minimum atomic E-state index is 0.0648. The van der Waals surface area contributed by atoms with Gasteiger partial charge in [-0.05, 0) is 45.4 Å². The summed E-state index contributed by atoms with van der Waals surface area (Å²) in [5.41, 5.74) is 1.81. The molecule has 5 heteroatoms. The summed E-state index contributed by atoms with van der Waals surface area (Å²) >= 11 is 0. The van der Waals surface area contributed by atoms with Gasteiger partial charge < -0.3 is 15.0 Å². The second kappa shape index (κ2) is 7.41. The lowest BCUT2D eigenvalue weighted by Crippen LogP contribution is -2.36. The third-order valence-corrected chi connectivity index (χ3v) is 3.61. The van der Waals surface area contributed by atoms with Crippen LogP contribution < -0.4 is 10.1 Å².